The van der Waals surface area contributed by atoms with E-state index in [2.05, 4.69) is 33.6 Å². The number of fused-ring (bicyclic) bond motifs is 2. The number of piperidine rings is 1. The van der Waals surface area contributed by atoms with Crippen LogP contribution in [0.25, 0.3) is 0 Å². The molecule has 2 amide bonds. The summed E-state index contributed by atoms with van der Waals surface area (Å²) in [6, 6.07) is 13.5. The number of hydrogen-bond donors (Lipinski definition) is 1. The van der Waals surface area contributed by atoms with Crippen LogP contribution in [0.2, 0.25) is 0 Å². The highest BCUT2D eigenvalue weighted by atomic mass is 16.5. The Morgan fingerprint density at radius 1 is 1.14 bits per heavy atom. The molecule has 8 heteroatoms. The minimum Gasteiger partial charge on any atom is -0.375 e. The van der Waals surface area contributed by atoms with Gasteiger partial charge in [0.25, 0.3) is 5.91 Å². The molecule has 2 aromatic heterocycles. The molecule has 5 rings (SSSR count). The van der Waals surface area contributed by atoms with Gasteiger partial charge in [0.1, 0.15) is 6.54 Å². The van der Waals surface area contributed by atoms with Gasteiger partial charge < -0.3 is 15.0 Å². The SMILES string of the molecule is CCO[C@H]1[C@H](NC(=O)c2cccnc2)c2ccccc2C12CCN(C(=O)Cn1nc(C)cc1C)CC2. The number of nitrogens with zero attached hydrogens (tertiary/aromatic N) is 4. The summed E-state index contributed by atoms with van der Waals surface area (Å²) in [4.78, 5) is 32.3. The third-order valence-corrected chi connectivity index (χ3v) is 7.63. The number of aryl methyl sites for hydroxylation is 2. The molecule has 0 bridgehead atoms. The van der Waals surface area contributed by atoms with Crippen LogP contribution in [0, 0.1) is 13.8 Å². The van der Waals surface area contributed by atoms with Crippen molar-refractivity contribution in [2.45, 2.75) is 57.7 Å². The maximum absolute atomic E-state index is 13.1. The van der Waals surface area contributed by atoms with Crippen LogP contribution in [0.4, 0.5) is 0 Å². The van der Waals surface area contributed by atoms with Gasteiger partial charge in [0.2, 0.25) is 5.91 Å². The van der Waals surface area contributed by atoms with E-state index in [-0.39, 0.29) is 35.9 Å². The Bertz CT molecular complexity index is 1250. The molecule has 3 aromatic rings. The quantitative estimate of drug-likeness (QED) is 0.576. The lowest BCUT2D eigenvalue weighted by molar-refractivity contribution is -0.135. The van der Waals surface area contributed by atoms with Gasteiger partial charge in [-0.05, 0) is 62.9 Å². The summed E-state index contributed by atoms with van der Waals surface area (Å²) in [5.41, 5.74) is 4.47. The van der Waals surface area contributed by atoms with Crippen molar-refractivity contribution in [3.8, 4) is 0 Å². The second-order valence-electron chi connectivity index (χ2n) is 9.78. The summed E-state index contributed by atoms with van der Waals surface area (Å²) >= 11 is 0. The summed E-state index contributed by atoms with van der Waals surface area (Å²) < 4.78 is 8.17. The van der Waals surface area contributed by atoms with Crippen molar-refractivity contribution in [2.75, 3.05) is 19.7 Å². The monoisotopic (exact) mass is 487 g/mol. The maximum atomic E-state index is 13.1. The molecule has 1 fully saturated rings. The molecule has 0 unspecified atom stereocenters. The van der Waals surface area contributed by atoms with Gasteiger partial charge in [-0.2, -0.15) is 5.10 Å². The minimum atomic E-state index is -0.272. The molecule has 0 saturated carbocycles. The third-order valence-electron chi connectivity index (χ3n) is 7.63. The lowest BCUT2D eigenvalue weighted by Crippen LogP contribution is -2.52. The molecular weight excluding hydrogens is 454 g/mol. The van der Waals surface area contributed by atoms with Gasteiger partial charge in [0.15, 0.2) is 0 Å². The van der Waals surface area contributed by atoms with Crippen molar-refractivity contribution < 1.29 is 14.3 Å². The normalized spacial score (nSPS) is 20.4. The number of amides is 2. The molecule has 1 aromatic carbocycles. The van der Waals surface area contributed by atoms with E-state index < -0.39 is 0 Å². The lowest BCUT2D eigenvalue weighted by Gasteiger charge is -2.44. The average molecular weight is 488 g/mol. The fraction of sp³-hybridized carbons (Fsp3) is 0.429. The number of carbonyl (C=O) groups is 2. The first-order valence-corrected chi connectivity index (χ1v) is 12.6. The molecule has 8 nitrogen and oxygen atoms in total. The van der Waals surface area contributed by atoms with E-state index in [1.807, 2.05) is 37.8 Å². The van der Waals surface area contributed by atoms with Gasteiger partial charge in [-0.1, -0.05) is 24.3 Å². The van der Waals surface area contributed by atoms with Crippen molar-refractivity contribution >= 4 is 11.8 Å². The number of carbonyl (C=O) groups excluding carboxylic acids is 2. The van der Waals surface area contributed by atoms with Crippen LogP contribution in [-0.4, -0.2) is 57.3 Å². The first kappa shape index (κ1) is 24.2. The lowest BCUT2D eigenvalue weighted by atomic mass is 9.71. The van der Waals surface area contributed by atoms with Crippen molar-refractivity contribution in [1.29, 1.82) is 0 Å². The van der Waals surface area contributed by atoms with Crippen LogP contribution >= 0.6 is 0 Å². The zero-order valence-electron chi connectivity index (χ0n) is 21.1. The topological polar surface area (TPSA) is 89.4 Å². The number of benzene rings is 1. The number of hydrogen-bond acceptors (Lipinski definition) is 5. The van der Waals surface area contributed by atoms with Gasteiger partial charge >= 0.3 is 0 Å². The van der Waals surface area contributed by atoms with Gasteiger partial charge in [0, 0.05) is 43.2 Å². The van der Waals surface area contributed by atoms with E-state index in [1.165, 1.54) is 5.56 Å². The Kier molecular flexibility index (Phi) is 6.62. The van der Waals surface area contributed by atoms with Gasteiger partial charge in [0.05, 0.1) is 23.4 Å². The third kappa shape index (κ3) is 4.30. The smallest absolute Gasteiger partial charge is 0.253 e. The van der Waals surface area contributed by atoms with Crippen LogP contribution in [0.1, 0.15) is 58.7 Å². The van der Waals surface area contributed by atoms with Crippen molar-refractivity contribution in [3.05, 3.63) is 82.9 Å². The van der Waals surface area contributed by atoms with Crippen molar-refractivity contribution in [2.24, 2.45) is 0 Å². The zero-order valence-corrected chi connectivity index (χ0v) is 21.1. The predicted molar refractivity (Wildman–Crippen MR) is 135 cm³/mol. The molecule has 1 aliphatic heterocycles. The molecule has 188 valence electrons. The van der Waals surface area contributed by atoms with Crippen LogP contribution in [0.5, 0.6) is 0 Å². The second-order valence-corrected chi connectivity index (χ2v) is 9.78. The number of rotatable bonds is 6. The maximum Gasteiger partial charge on any atom is 0.253 e. The van der Waals surface area contributed by atoms with E-state index in [9.17, 15) is 9.59 Å². The van der Waals surface area contributed by atoms with Crippen LogP contribution in [0.3, 0.4) is 0 Å². The van der Waals surface area contributed by atoms with Crippen molar-refractivity contribution in [3.63, 3.8) is 0 Å². The Labute approximate surface area is 211 Å². The van der Waals surface area contributed by atoms with Gasteiger partial charge in [-0.25, -0.2) is 0 Å². The van der Waals surface area contributed by atoms with E-state index >= 15 is 0 Å². The molecular formula is C28H33N5O3. The van der Waals surface area contributed by atoms with E-state index in [0.29, 0.717) is 25.3 Å². The molecule has 3 heterocycles. The number of ether oxygens (including phenoxy) is 1. The second kappa shape index (κ2) is 9.85. The van der Waals surface area contributed by atoms with E-state index in [4.69, 9.17) is 4.74 Å². The summed E-state index contributed by atoms with van der Waals surface area (Å²) in [6.45, 7) is 7.97. The highest BCUT2D eigenvalue weighted by molar-refractivity contribution is 5.94. The summed E-state index contributed by atoms with van der Waals surface area (Å²) in [5, 5.41) is 7.69. The Morgan fingerprint density at radius 3 is 2.58 bits per heavy atom. The minimum absolute atomic E-state index is 0.0803. The molecule has 1 aliphatic carbocycles. The Hall–Kier alpha value is -3.52. The van der Waals surface area contributed by atoms with Gasteiger partial charge in [-0.3, -0.25) is 19.3 Å². The average Bonchev–Trinajstić information content (AvgIpc) is 3.34. The highest BCUT2D eigenvalue weighted by Gasteiger charge is 2.54. The van der Waals surface area contributed by atoms with Crippen LogP contribution in [-0.2, 0) is 21.5 Å². The predicted octanol–water partition coefficient (Wildman–Crippen LogP) is 3.35. The molecule has 0 radical (unpaired) electrons. The fourth-order valence-electron chi connectivity index (χ4n) is 5.94. The molecule has 2 aliphatic rings. The molecule has 1 N–H and O–H groups in total. The summed E-state index contributed by atoms with van der Waals surface area (Å²) in [6.07, 6.45) is 4.57. The van der Waals surface area contributed by atoms with E-state index in [0.717, 1.165) is 29.8 Å². The Balaban J connectivity index is 1.38. The zero-order chi connectivity index (χ0) is 25.3. The molecule has 36 heavy (non-hydrogen) atoms. The van der Waals surface area contributed by atoms with Crippen molar-refractivity contribution in [1.82, 2.24) is 25.0 Å². The van der Waals surface area contributed by atoms with Gasteiger partial charge in [-0.15, -0.1) is 0 Å². The number of aromatic nitrogens is 3. The highest BCUT2D eigenvalue weighted by Crippen LogP contribution is 2.52. The summed E-state index contributed by atoms with van der Waals surface area (Å²) in [5.74, 6) is -0.0844. The number of nitrogens with one attached hydrogen (secondary N) is 1. The summed E-state index contributed by atoms with van der Waals surface area (Å²) in [7, 11) is 0. The number of likely N-dealkylation sites (tertiary alicyclic amines) is 1. The molecule has 1 saturated heterocycles. The number of pyridine rings is 1. The van der Waals surface area contributed by atoms with E-state index in [1.54, 1.807) is 29.2 Å². The first-order valence-electron chi connectivity index (χ1n) is 12.6. The first-order chi connectivity index (χ1) is 17.4. The van der Waals surface area contributed by atoms with Crippen LogP contribution in [0.15, 0.2) is 54.9 Å². The standard InChI is InChI=1S/C28H33N5O3/c1-4-36-26-25(30-27(35)21-8-7-13-29-17-21)22-9-5-6-10-23(22)28(26)11-14-32(15-12-28)24(34)18-33-20(3)16-19(2)31-33/h5-10,13,16-17,25-26H,4,11-12,14-15,18H2,1-3H3,(H,30,35)/t25-,26+/m1/s1. The Morgan fingerprint density at radius 2 is 1.92 bits per heavy atom. The molecule has 2 atom stereocenters. The molecule has 1 spiro atoms. The largest absolute Gasteiger partial charge is 0.375 e. The van der Waals surface area contributed by atoms with Crippen LogP contribution < -0.4 is 5.32 Å². The fourth-order valence-corrected chi connectivity index (χ4v) is 5.94.